The van der Waals surface area contributed by atoms with Crippen LogP contribution >= 0.6 is 0 Å². The Morgan fingerprint density at radius 3 is 2.50 bits per heavy atom. The highest BCUT2D eigenvalue weighted by molar-refractivity contribution is 5.76. The predicted octanol–water partition coefficient (Wildman–Crippen LogP) is 1.27. The van der Waals surface area contributed by atoms with Crippen LogP contribution in [0.1, 0.15) is 25.3 Å². The molecule has 3 rings (SSSR count). The van der Waals surface area contributed by atoms with Crippen molar-refractivity contribution in [2.75, 3.05) is 13.7 Å². The molecule has 0 saturated heterocycles. The Hall–Kier alpha value is -3.36. The van der Waals surface area contributed by atoms with Gasteiger partial charge in [-0.25, -0.2) is 9.78 Å². The Labute approximate surface area is 174 Å². The molecule has 1 aromatic carbocycles. The van der Waals surface area contributed by atoms with Gasteiger partial charge >= 0.3 is 5.69 Å². The van der Waals surface area contributed by atoms with Gasteiger partial charge in [0.1, 0.15) is 5.75 Å². The van der Waals surface area contributed by atoms with Crippen LogP contribution in [-0.4, -0.2) is 43.1 Å². The molecule has 0 spiro atoms. The summed E-state index contributed by atoms with van der Waals surface area (Å²) in [5, 5.41) is 0. The molecule has 0 unspecified atom stereocenters. The second-order valence-electron chi connectivity index (χ2n) is 7.25. The minimum absolute atomic E-state index is 0.0219. The molecule has 0 fully saturated rings. The molecular formula is C21H27N5O4. The second kappa shape index (κ2) is 8.98. The van der Waals surface area contributed by atoms with Crippen LogP contribution < -0.4 is 16.0 Å². The van der Waals surface area contributed by atoms with Crippen molar-refractivity contribution in [2.24, 2.45) is 14.1 Å². The number of nitrogens with zero attached hydrogens (tertiary/aromatic N) is 5. The van der Waals surface area contributed by atoms with Crippen LogP contribution in [0, 0.1) is 0 Å². The van der Waals surface area contributed by atoms with E-state index in [1.54, 1.807) is 29.9 Å². The standard InChI is InChI=1S/C21H27N5O4/c1-5-30-16-10-8-15(9-11-16)13-23(2)17(27)7-6-12-26-14-22-19-18(26)20(28)25(4)21(29)24(19)3/h8-11,14H,5-7,12-13H2,1-4H3. The third kappa shape index (κ3) is 4.29. The molecule has 9 heteroatoms. The van der Waals surface area contributed by atoms with E-state index in [4.69, 9.17) is 4.74 Å². The number of carbonyl (C=O) groups excluding carboxylic acids is 1. The molecule has 0 radical (unpaired) electrons. The van der Waals surface area contributed by atoms with E-state index in [1.165, 1.54) is 11.6 Å². The molecule has 9 nitrogen and oxygen atoms in total. The SMILES string of the molecule is CCOc1ccc(CN(C)C(=O)CCCn2cnc3c2c(=O)n(C)c(=O)n3C)cc1. The first-order chi connectivity index (χ1) is 14.3. The summed E-state index contributed by atoms with van der Waals surface area (Å²) in [6.07, 6.45) is 2.45. The first-order valence-corrected chi connectivity index (χ1v) is 9.90. The molecule has 160 valence electrons. The molecule has 0 aliphatic rings. The number of fused-ring (bicyclic) bond motifs is 1. The summed E-state index contributed by atoms with van der Waals surface area (Å²) in [7, 11) is 4.80. The van der Waals surface area contributed by atoms with Gasteiger partial charge in [0.25, 0.3) is 5.56 Å². The third-order valence-electron chi connectivity index (χ3n) is 5.09. The molecule has 0 aliphatic carbocycles. The van der Waals surface area contributed by atoms with Crippen LogP contribution in [0.2, 0.25) is 0 Å². The van der Waals surface area contributed by atoms with E-state index in [-0.39, 0.29) is 11.5 Å². The smallest absolute Gasteiger partial charge is 0.332 e. The lowest BCUT2D eigenvalue weighted by Crippen LogP contribution is -2.37. The zero-order valence-corrected chi connectivity index (χ0v) is 17.8. The van der Waals surface area contributed by atoms with Crippen molar-refractivity contribution in [3.05, 3.63) is 57.0 Å². The molecule has 3 aromatic rings. The van der Waals surface area contributed by atoms with Crippen LogP contribution in [0.3, 0.4) is 0 Å². The van der Waals surface area contributed by atoms with E-state index in [0.717, 1.165) is 15.9 Å². The van der Waals surface area contributed by atoms with E-state index in [1.807, 2.05) is 31.2 Å². The molecule has 0 atom stereocenters. The largest absolute Gasteiger partial charge is 0.494 e. The minimum atomic E-state index is -0.413. The fourth-order valence-electron chi connectivity index (χ4n) is 3.38. The second-order valence-corrected chi connectivity index (χ2v) is 7.25. The van der Waals surface area contributed by atoms with Gasteiger partial charge in [-0.05, 0) is 31.0 Å². The van der Waals surface area contributed by atoms with E-state index in [9.17, 15) is 14.4 Å². The number of aryl methyl sites for hydroxylation is 2. The number of hydrogen-bond acceptors (Lipinski definition) is 5. The summed E-state index contributed by atoms with van der Waals surface area (Å²) < 4.78 is 9.55. The number of amides is 1. The summed E-state index contributed by atoms with van der Waals surface area (Å²) in [5.74, 6) is 0.833. The van der Waals surface area contributed by atoms with Crippen molar-refractivity contribution in [3.8, 4) is 5.75 Å². The van der Waals surface area contributed by atoms with Crippen molar-refractivity contribution in [2.45, 2.75) is 32.9 Å². The van der Waals surface area contributed by atoms with Gasteiger partial charge in [0.2, 0.25) is 5.91 Å². The molecule has 2 heterocycles. The lowest BCUT2D eigenvalue weighted by Gasteiger charge is -2.17. The number of rotatable bonds is 8. The van der Waals surface area contributed by atoms with Gasteiger partial charge in [0.15, 0.2) is 11.2 Å². The molecule has 1 amide bonds. The van der Waals surface area contributed by atoms with Gasteiger partial charge < -0.3 is 14.2 Å². The van der Waals surface area contributed by atoms with Crippen molar-refractivity contribution in [1.29, 1.82) is 0 Å². The van der Waals surface area contributed by atoms with Crippen LogP contribution in [0.15, 0.2) is 40.2 Å². The monoisotopic (exact) mass is 413 g/mol. The number of imidazole rings is 1. The Morgan fingerprint density at radius 1 is 1.13 bits per heavy atom. The number of carbonyl (C=O) groups is 1. The van der Waals surface area contributed by atoms with Crippen molar-refractivity contribution < 1.29 is 9.53 Å². The fraction of sp³-hybridized carbons (Fsp3) is 0.429. The molecular weight excluding hydrogens is 386 g/mol. The lowest BCUT2D eigenvalue weighted by atomic mass is 10.2. The molecule has 0 N–H and O–H groups in total. The minimum Gasteiger partial charge on any atom is -0.494 e. The average molecular weight is 413 g/mol. The molecule has 0 bridgehead atoms. The number of ether oxygens (including phenoxy) is 1. The van der Waals surface area contributed by atoms with E-state index in [0.29, 0.717) is 43.7 Å². The Morgan fingerprint density at radius 2 is 1.83 bits per heavy atom. The third-order valence-corrected chi connectivity index (χ3v) is 5.09. The summed E-state index contributed by atoms with van der Waals surface area (Å²) in [4.78, 5) is 42.8. The van der Waals surface area contributed by atoms with Crippen LogP contribution in [-0.2, 0) is 32.0 Å². The lowest BCUT2D eigenvalue weighted by molar-refractivity contribution is -0.130. The van der Waals surface area contributed by atoms with Crippen LogP contribution in [0.25, 0.3) is 11.2 Å². The summed E-state index contributed by atoms with van der Waals surface area (Å²) in [6.45, 7) is 3.53. The maximum Gasteiger partial charge on any atom is 0.332 e. The fourth-order valence-corrected chi connectivity index (χ4v) is 3.38. The molecule has 0 saturated carbocycles. The zero-order chi connectivity index (χ0) is 21.8. The summed E-state index contributed by atoms with van der Waals surface area (Å²) in [6, 6.07) is 7.70. The van der Waals surface area contributed by atoms with Crippen LogP contribution in [0.4, 0.5) is 0 Å². The summed E-state index contributed by atoms with van der Waals surface area (Å²) >= 11 is 0. The summed E-state index contributed by atoms with van der Waals surface area (Å²) in [5.41, 5.74) is 0.949. The van der Waals surface area contributed by atoms with E-state index >= 15 is 0 Å². The van der Waals surface area contributed by atoms with Crippen molar-refractivity contribution >= 4 is 17.1 Å². The van der Waals surface area contributed by atoms with Gasteiger partial charge in [-0.1, -0.05) is 12.1 Å². The zero-order valence-electron chi connectivity index (χ0n) is 17.8. The van der Waals surface area contributed by atoms with Crippen molar-refractivity contribution in [1.82, 2.24) is 23.6 Å². The van der Waals surface area contributed by atoms with Gasteiger partial charge in [-0.15, -0.1) is 0 Å². The molecule has 0 aliphatic heterocycles. The average Bonchev–Trinajstić information content (AvgIpc) is 3.16. The maximum absolute atomic E-state index is 12.5. The topological polar surface area (TPSA) is 91.4 Å². The van der Waals surface area contributed by atoms with E-state index in [2.05, 4.69) is 4.98 Å². The van der Waals surface area contributed by atoms with Gasteiger partial charge in [0, 0.05) is 40.7 Å². The van der Waals surface area contributed by atoms with E-state index < -0.39 is 5.69 Å². The normalized spacial score (nSPS) is 11.1. The van der Waals surface area contributed by atoms with Crippen LogP contribution in [0.5, 0.6) is 5.75 Å². The first-order valence-electron chi connectivity index (χ1n) is 9.90. The van der Waals surface area contributed by atoms with Gasteiger partial charge in [-0.2, -0.15) is 0 Å². The highest BCUT2D eigenvalue weighted by Gasteiger charge is 2.15. The Balaban J connectivity index is 1.60. The van der Waals surface area contributed by atoms with Crippen molar-refractivity contribution in [3.63, 3.8) is 0 Å². The number of hydrogen-bond donors (Lipinski definition) is 0. The first kappa shape index (κ1) is 21.4. The number of benzene rings is 1. The number of aromatic nitrogens is 4. The Kier molecular flexibility index (Phi) is 6.39. The maximum atomic E-state index is 12.5. The van der Waals surface area contributed by atoms with Gasteiger partial charge in [0.05, 0.1) is 12.9 Å². The highest BCUT2D eigenvalue weighted by atomic mass is 16.5. The van der Waals surface area contributed by atoms with Gasteiger partial charge in [-0.3, -0.25) is 18.7 Å². The Bertz CT molecular complexity index is 1160. The molecule has 2 aromatic heterocycles. The highest BCUT2D eigenvalue weighted by Crippen LogP contribution is 2.14. The quantitative estimate of drug-likeness (QED) is 0.555. The predicted molar refractivity (Wildman–Crippen MR) is 114 cm³/mol. The molecule has 30 heavy (non-hydrogen) atoms.